The van der Waals surface area contributed by atoms with Crippen molar-refractivity contribution in [2.24, 2.45) is 0 Å². The van der Waals surface area contributed by atoms with Crippen LogP contribution in [0.2, 0.25) is 0 Å². The highest BCUT2D eigenvalue weighted by molar-refractivity contribution is 5.92. The van der Waals surface area contributed by atoms with Crippen molar-refractivity contribution in [3.05, 3.63) is 24.3 Å². The van der Waals surface area contributed by atoms with Crippen molar-refractivity contribution in [3.63, 3.8) is 0 Å². The summed E-state index contributed by atoms with van der Waals surface area (Å²) >= 11 is 0. The van der Waals surface area contributed by atoms with Crippen molar-refractivity contribution in [1.29, 1.82) is 5.26 Å². The largest absolute Gasteiger partial charge is 0.383 e. The zero-order valence-electron chi connectivity index (χ0n) is 12.5. The lowest BCUT2D eigenvalue weighted by molar-refractivity contribution is -0.115. The Morgan fingerprint density at radius 3 is 2.52 bits per heavy atom. The van der Waals surface area contributed by atoms with Gasteiger partial charge in [0.15, 0.2) is 0 Å². The van der Waals surface area contributed by atoms with E-state index in [-0.39, 0.29) is 12.3 Å². The van der Waals surface area contributed by atoms with E-state index in [1.165, 1.54) is 0 Å². The third-order valence-corrected chi connectivity index (χ3v) is 2.87. The van der Waals surface area contributed by atoms with Crippen molar-refractivity contribution in [2.75, 3.05) is 50.7 Å². The quantitative estimate of drug-likeness (QED) is 0.748. The molecule has 0 saturated heterocycles. The molecule has 0 heterocycles. The van der Waals surface area contributed by atoms with Crippen LogP contribution in [0.5, 0.6) is 0 Å². The average Bonchev–Trinajstić information content (AvgIpc) is 2.48. The number of hydrogen-bond acceptors (Lipinski definition) is 5. The molecule has 0 unspecified atom stereocenters. The highest BCUT2D eigenvalue weighted by Crippen LogP contribution is 2.19. The van der Waals surface area contributed by atoms with Gasteiger partial charge in [0.1, 0.15) is 6.42 Å². The van der Waals surface area contributed by atoms with Gasteiger partial charge in [0.25, 0.3) is 0 Å². The van der Waals surface area contributed by atoms with Gasteiger partial charge in [-0.2, -0.15) is 5.26 Å². The molecule has 0 radical (unpaired) electrons. The van der Waals surface area contributed by atoms with Crippen LogP contribution in [0.3, 0.4) is 0 Å². The summed E-state index contributed by atoms with van der Waals surface area (Å²) in [5.74, 6) is -0.310. The van der Waals surface area contributed by atoms with E-state index in [2.05, 4.69) is 10.2 Å². The van der Waals surface area contributed by atoms with Crippen molar-refractivity contribution in [1.82, 2.24) is 0 Å². The van der Waals surface area contributed by atoms with E-state index in [0.717, 1.165) is 18.8 Å². The average molecular weight is 291 g/mol. The Hall–Kier alpha value is -2.10. The second-order valence-electron chi connectivity index (χ2n) is 4.41. The fraction of sp³-hybridized carbons (Fsp3) is 0.467. The standard InChI is InChI=1S/C15H21N3O3/c1-20-10-8-18(9-11-21-2)14-5-3-4-13(12-14)17-15(19)6-7-16/h3-5,12H,6,8-11H2,1-2H3,(H,17,19). The number of nitrogens with zero attached hydrogens (tertiary/aromatic N) is 2. The molecular formula is C15H21N3O3. The smallest absolute Gasteiger partial charge is 0.238 e. The van der Waals surface area contributed by atoms with Gasteiger partial charge >= 0.3 is 0 Å². The summed E-state index contributed by atoms with van der Waals surface area (Å²) in [5.41, 5.74) is 1.64. The van der Waals surface area contributed by atoms with Gasteiger partial charge in [0.2, 0.25) is 5.91 Å². The molecule has 0 fully saturated rings. The van der Waals surface area contributed by atoms with Gasteiger partial charge in [0, 0.05) is 38.7 Å². The second-order valence-corrected chi connectivity index (χ2v) is 4.41. The molecule has 114 valence electrons. The summed E-state index contributed by atoms with van der Waals surface area (Å²) in [5, 5.41) is 11.2. The fourth-order valence-electron chi connectivity index (χ4n) is 1.83. The Balaban J connectivity index is 2.78. The van der Waals surface area contributed by atoms with E-state index < -0.39 is 0 Å². The van der Waals surface area contributed by atoms with Gasteiger partial charge < -0.3 is 19.7 Å². The number of benzene rings is 1. The zero-order valence-corrected chi connectivity index (χ0v) is 12.5. The molecule has 0 aromatic heterocycles. The first-order valence-corrected chi connectivity index (χ1v) is 6.71. The number of carbonyl (C=O) groups excluding carboxylic acids is 1. The Morgan fingerprint density at radius 1 is 1.29 bits per heavy atom. The predicted octanol–water partition coefficient (Wildman–Crippen LogP) is 1.64. The highest BCUT2D eigenvalue weighted by atomic mass is 16.5. The van der Waals surface area contributed by atoms with Gasteiger partial charge in [0.05, 0.1) is 19.3 Å². The van der Waals surface area contributed by atoms with Crippen LogP contribution >= 0.6 is 0 Å². The molecule has 0 aliphatic rings. The van der Waals surface area contributed by atoms with Gasteiger partial charge in [-0.15, -0.1) is 0 Å². The molecule has 6 nitrogen and oxygen atoms in total. The van der Waals surface area contributed by atoms with Crippen molar-refractivity contribution < 1.29 is 14.3 Å². The van der Waals surface area contributed by atoms with Crippen LogP contribution in [0.15, 0.2) is 24.3 Å². The minimum atomic E-state index is -0.310. The van der Waals surface area contributed by atoms with E-state index >= 15 is 0 Å². The summed E-state index contributed by atoms with van der Waals surface area (Å²) < 4.78 is 10.2. The van der Waals surface area contributed by atoms with Crippen LogP contribution in [0, 0.1) is 11.3 Å². The van der Waals surface area contributed by atoms with E-state index in [1.54, 1.807) is 20.3 Å². The molecule has 1 amide bonds. The Labute approximate surface area is 125 Å². The molecule has 0 saturated carbocycles. The number of hydrogen-bond donors (Lipinski definition) is 1. The lowest BCUT2D eigenvalue weighted by Gasteiger charge is -2.24. The Kier molecular flexibility index (Phi) is 7.87. The highest BCUT2D eigenvalue weighted by Gasteiger charge is 2.08. The molecule has 6 heteroatoms. The molecule has 1 N–H and O–H groups in total. The molecule has 1 aromatic rings. The molecule has 0 bridgehead atoms. The monoisotopic (exact) mass is 291 g/mol. The Morgan fingerprint density at radius 2 is 1.95 bits per heavy atom. The van der Waals surface area contributed by atoms with Crippen LogP contribution < -0.4 is 10.2 Å². The first-order valence-electron chi connectivity index (χ1n) is 6.71. The molecular weight excluding hydrogens is 270 g/mol. The molecule has 1 aromatic carbocycles. The summed E-state index contributed by atoms with van der Waals surface area (Å²) in [6, 6.07) is 9.32. The summed E-state index contributed by atoms with van der Waals surface area (Å²) in [7, 11) is 3.32. The van der Waals surface area contributed by atoms with Crippen LogP contribution in [-0.4, -0.2) is 46.4 Å². The molecule has 0 atom stereocenters. The number of rotatable bonds is 9. The third-order valence-electron chi connectivity index (χ3n) is 2.87. The number of amides is 1. The van der Waals surface area contributed by atoms with E-state index in [4.69, 9.17) is 14.7 Å². The predicted molar refractivity (Wildman–Crippen MR) is 81.3 cm³/mol. The number of nitriles is 1. The minimum absolute atomic E-state index is 0.151. The number of carbonyl (C=O) groups is 1. The van der Waals surface area contributed by atoms with Crippen LogP contribution in [0.4, 0.5) is 11.4 Å². The van der Waals surface area contributed by atoms with Crippen molar-refractivity contribution >= 4 is 17.3 Å². The normalized spacial score (nSPS) is 9.95. The molecule has 0 aliphatic carbocycles. The van der Waals surface area contributed by atoms with E-state index in [0.29, 0.717) is 18.9 Å². The second kappa shape index (κ2) is 9.75. The topological polar surface area (TPSA) is 74.6 Å². The lowest BCUT2D eigenvalue weighted by Crippen LogP contribution is -2.30. The summed E-state index contributed by atoms with van der Waals surface area (Å²) in [4.78, 5) is 13.6. The third kappa shape index (κ3) is 6.25. The van der Waals surface area contributed by atoms with Crippen LogP contribution in [-0.2, 0) is 14.3 Å². The number of nitrogens with one attached hydrogen (secondary N) is 1. The van der Waals surface area contributed by atoms with Crippen LogP contribution in [0.1, 0.15) is 6.42 Å². The molecule has 0 spiro atoms. The maximum absolute atomic E-state index is 11.5. The van der Waals surface area contributed by atoms with E-state index in [9.17, 15) is 4.79 Å². The zero-order chi connectivity index (χ0) is 15.5. The van der Waals surface area contributed by atoms with Gasteiger partial charge in [-0.3, -0.25) is 4.79 Å². The maximum atomic E-state index is 11.5. The summed E-state index contributed by atoms with van der Waals surface area (Å²) in [6.45, 7) is 2.67. The first kappa shape index (κ1) is 17.0. The number of ether oxygens (including phenoxy) is 2. The fourth-order valence-corrected chi connectivity index (χ4v) is 1.83. The van der Waals surface area contributed by atoms with Crippen molar-refractivity contribution in [2.45, 2.75) is 6.42 Å². The maximum Gasteiger partial charge on any atom is 0.238 e. The van der Waals surface area contributed by atoms with Crippen molar-refractivity contribution in [3.8, 4) is 6.07 Å². The van der Waals surface area contributed by atoms with Gasteiger partial charge in [-0.1, -0.05) is 6.07 Å². The lowest BCUT2D eigenvalue weighted by atomic mass is 10.2. The van der Waals surface area contributed by atoms with E-state index in [1.807, 2.05) is 24.3 Å². The minimum Gasteiger partial charge on any atom is -0.383 e. The van der Waals surface area contributed by atoms with Gasteiger partial charge in [-0.05, 0) is 18.2 Å². The molecule has 21 heavy (non-hydrogen) atoms. The molecule has 0 aliphatic heterocycles. The van der Waals surface area contributed by atoms with Gasteiger partial charge in [-0.25, -0.2) is 0 Å². The summed E-state index contributed by atoms with van der Waals surface area (Å²) in [6.07, 6.45) is -0.151. The SMILES string of the molecule is COCCN(CCOC)c1cccc(NC(=O)CC#N)c1. The molecule has 1 rings (SSSR count). The number of methoxy groups -OCH3 is 2. The number of anilines is 2. The first-order chi connectivity index (χ1) is 10.2. The van der Waals surface area contributed by atoms with Crippen LogP contribution in [0.25, 0.3) is 0 Å². The Bertz CT molecular complexity index is 477.